The molecule has 0 saturated heterocycles. The molecule has 1 aromatic rings. The van der Waals surface area contributed by atoms with Gasteiger partial charge in [-0.25, -0.2) is 0 Å². The van der Waals surface area contributed by atoms with Gasteiger partial charge < -0.3 is 10.1 Å². The van der Waals surface area contributed by atoms with Gasteiger partial charge in [-0.1, -0.05) is 41.9 Å². The van der Waals surface area contributed by atoms with E-state index in [4.69, 9.17) is 4.74 Å². The van der Waals surface area contributed by atoms with Crippen molar-refractivity contribution in [3.8, 4) is 0 Å². The van der Waals surface area contributed by atoms with Crippen LogP contribution in [0.1, 0.15) is 25.8 Å². The Labute approximate surface area is 126 Å². The van der Waals surface area contributed by atoms with E-state index in [0.29, 0.717) is 5.92 Å². The number of methoxy groups -OCH3 is 1. The molecule has 2 nitrogen and oxygen atoms in total. The molecule has 0 saturated carbocycles. The maximum Gasteiger partial charge on any atom is 0.0587 e. The van der Waals surface area contributed by atoms with E-state index in [-0.39, 0.29) is 0 Å². The average Bonchev–Trinajstić information content (AvgIpc) is 2.36. The fraction of sp³-hybridized carbons (Fsp3) is 0.625. The van der Waals surface area contributed by atoms with Crippen molar-refractivity contribution in [1.29, 1.82) is 0 Å². The van der Waals surface area contributed by atoms with E-state index < -0.39 is 0 Å². The normalized spacial score (nSPS) is 12.9. The van der Waals surface area contributed by atoms with Crippen molar-refractivity contribution in [2.75, 3.05) is 26.8 Å². The van der Waals surface area contributed by atoms with Crippen LogP contribution in [-0.2, 0) is 11.2 Å². The summed E-state index contributed by atoms with van der Waals surface area (Å²) in [7, 11) is 1.75. The summed E-state index contributed by atoms with van der Waals surface area (Å²) in [4.78, 5) is 0. The predicted octanol–water partition coefficient (Wildman–Crippen LogP) is 3.89. The molecule has 1 aromatic carbocycles. The number of nitrogens with one attached hydrogen (secondary N) is 1. The molecule has 0 aliphatic heterocycles. The third-order valence-corrected chi connectivity index (χ3v) is 3.69. The van der Waals surface area contributed by atoms with Crippen LogP contribution < -0.4 is 5.32 Å². The molecule has 0 radical (unpaired) electrons. The number of benzene rings is 1. The van der Waals surface area contributed by atoms with Crippen LogP contribution in [0.2, 0.25) is 0 Å². The molecular formula is C16H26BrNO. The van der Waals surface area contributed by atoms with Gasteiger partial charge in [0.2, 0.25) is 0 Å². The number of hydrogen-bond acceptors (Lipinski definition) is 2. The van der Waals surface area contributed by atoms with E-state index in [1.54, 1.807) is 7.11 Å². The Morgan fingerprint density at radius 2 is 1.89 bits per heavy atom. The van der Waals surface area contributed by atoms with Crippen LogP contribution in [0.15, 0.2) is 28.7 Å². The van der Waals surface area contributed by atoms with Gasteiger partial charge in [-0.15, -0.1) is 0 Å². The van der Waals surface area contributed by atoms with Gasteiger partial charge in [0.1, 0.15) is 0 Å². The number of halogens is 1. The molecule has 0 aromatic heterocycles. The quantitative estimate of drug-likeness (QED) is 0.695. The summed E-state index contributed by atoms with van der Waals surface area (Å²) in [6, 6.07) is 8.68. The topological polar surface area (TPSA) is 21.3 Å². The summed E-state index contributed by atoms with van der Waals surface area (Å²) in [6.07, 6.45) is 2.40. The highest BCUT2D eigenvalue weighted by Gasteiger charge is 2.11. The Balaban J connectivity index is 2.46. The molecule has 1 N–H and O–H groups in total. The standard InChI is InChI=1S/C16H26BrNO/c1-13(2)10-15(12-18-8-9-19-3)11-14-4-6-16(17)7-5-14/h4-7,13,15,18H,8-12H2,1-3H3. The molecule has 0 heterocycles. The predicted molar refractivity (Wildman–Crippen MR) is 85.5 cm³/mol. The number of ether oxygens (including phenoxy) is 1. The van der Waals surface area contributed by atoms with Gasteiger partial charge in [-0.3, -0.25) is 0 Å². The lowest BCUT2D eigenvalue weighted by molar-refractivity contribution is 0.197. The second-order valence-electron chi connectivity index (χ2n) is 5.52. The fourth-order valence-corrected chi connectivity index (χ4v) is 2.60. The third kappa shape index (κ3) is 7.71. The number of rotatable bonds is 9. The molecule has 1 atom stereocenters. The van der Waals surface area contributed by atoms with Crippen LogP contribution in [0.25, 0.3) is 0 Å². The number of hydrogen-bond donors (Lipinski definition) is 1. The zero-order valence-electron chi connectivity index (χ0n) is 12.3. The molecule has 1 unspecified atom stereocenters. The molecule has 3 heteroatoms. The lowest BCUT2D eigenvalue weighted by atomic mass is 9.91. The lowest BCUT2D eigenvalue weighted by Crippen LogP contribution is -2.28. The van der Waals surface area contributed by atoms with E-state index in [9.17, 15) is 0 Å². The maximum absolute atomic E-state index is 5.07. The van der Waals surface area contributed by atoms with Crippen molar-refractivity contribution >= 4 is 15.9 Å². The van der Waals surface area contributed by atoms with E-state index >= 15 is 0 Å². The first kappa shape index (κ1) is 16.7. The summed E-state index contributed by atoms with van der Waals surface area (Å²) in [6.45, 7) is 7.38. The molecule has 0 fully saturated rings. The summed E-state index contributed by atoms with van der Waals surface area (Å²) < 4.78 is 6.22. The monoisotopic (exact) mass is 327 g/mol. The van der Waals surface area contributed by atoms with Gasteiger partial charge >= 0.3 is 0 Å². The highest BCUT2D eigenvalue weighted by molar-refractivity contribution is 9.10. The SMILES string of the molecule is COCCNCC(Cc1ccc(Br)cc1)CC(C)C. The van der Waals surface area contributed by atoms with Gasteiger partial charge in [0, 0.05) is 18.1 Å². The Bertz CT molecular complexity index is 337. The molecule has 108 valence electrons. The molecule has 0 spiro atoms. The van der Waals surface area contributed by atoms with Crippen molar-refractivity contribution in [3.05, 3.63) is 34.3 Å². The summed E-state index contributed by atoms with van der Waals surface area (Å²) in [5.74, 6) is 1.43. The molecular weight excluding hydrogens is 302 g/mol. The average molecular weight is 328 g/mol. The van der Waals surface area contributed by atoms with E-state index in [0.717, 1.165) is 36.5 Å². The van der Waals surface area contributed by atoms with Gasteiger partial charge in [0.15, 0.2) is 0 Å². The minimum atomic E-state index is 0.693. The van der Waals surface area contributed by atoms with Crippen molar-refractivity contribution in [2.45, 2.75) is 26.7 Å². The van der Waals surface area contributed by atoms with Crippen LogP contribution in [0.3, 0.4) is 0 Å². The minimum Gasteiger partial charge on any atom is -0.383 e. The van der Waals surface area contributed by atoms with Crippen molar-refractivity contribution < 1.29 is 4.74 Å². The molecule has 1 rings (SSSR count). The van der Waals surface area contributed by atoms with Crippen LogP contribution in [0, 0.1) is 11.8 Å². The first-order valence-corrected chi connectivity index (χ1v) is 7.85. The Morgan fingerprint density at radius 3 is 2.47 bits per heavy atom. The molecule has 19 heavy (non-hydrogen) atoms. The first-order valence-electron chi connectivity index (χ1n) is 7.06. The highest BCUT2D eigenvalue weighted by Crippen LogP contribution is 2.18. The largest absolute Gasteiger partial charge is 0.383 e. The summed E-state index contributed by atoms with van der Waals surface area (Å²) in [5.41, 5.74) is 1.42. The molecule has 0 amide bonds. The maximum atomic E-state index is 5.07. The Kier molecular flexibility index (Phi) is 8.35. The van der Waals surface area contributed by atoms with Gasteiger partial charge in [0.25, 0.3) is 0 Å². The minimum absolute atomic E-state index is 0.693. The first-order chi connectivity index (χ1) is 9.11. The van der Waals surface area contributed by atoms with Crippen molar-refractivity contribution in [1.82, 2.24) is 5.32 Å². The highest BCUT2D eigenvalue weighted by atomic mass is 79.9. The summed E-state index contributed by atoms with van der Waals surface area (Å²) >= 11 is 3.48. The Morgan fingerprint density at radius 1 is 1.21 bits per heavy atom. The molecule has 0 aliphatic carbocycles. The van der Waals surface area contributed by atoms with Crippen LogP contribution in [0.4, 0.5) is 0 Å². The van der Waals surface area contributed by atoms with E-state index in [1.807, 2.05) is 0 Å². The van der Waals surface area contributed by atoms with Crippen molar-refractivity contribution in [2.24, 2.45) is 11.8 Å². The van der Waals surface area contributed by atoms with Crippen LogP contribution >= 0.6 is 15.9 Å². The lowest BCUT2D eigenvalue weighted by Gasteiger charge is -2.20. The molecule has 0 aliphatic rings. The van der Waals surface area contributed by atoms with Crippen LogP contribution in [0.5, 0.6) is 0 Å². The van der Waals surface area contributed by atoms with Gasteiger partial charge in [-0.05, 0) is 48.9 Å². The summed E-state index contributed by atoms with van der Waals surface area (Å²) in [5, 5.41) is 3.49. The third-order valence-electron chi connectivity index (χ3n) is 3.16. The zero-order valence-corrected chi connectivity index (χ0v) is 13.9. The fourth-order valence-electron chi connectivity index (χ4n) is 2.34. The van der Waals surface area contributed by atoms with E-state index in [1.165, 1.54) is 12.0 Å². The zero-order chi connectivity index (χ0) is 14.1. The Hall–Kier alpha value is -0.380. The van der Waals surface area contributed by atoms with Crippen molar-refractivity contribution in [3.63, 3.8) is 0 Å². The van der Waals surface area contributed by atoms with Gasteiger partial charge in [0.05, 0.1) is 6.61 Å². The second kappa shape index (κ2) is 9.51. The van der Waals surface area contributed by atoms with Crippen LogP contribution in [-0.4, -0.2) is 26.8 Å². The molecule has 0 bridgehead atoms. The smallest absolute Gasteiger partial charge is 0.0587 e. The second-order valence-corrected chi connectivity index (χ2v) is 6.44. The van der Waals surface area contributed by atoms with E-state index in [2.05, 4.69) is 59.4 Å². The van der Waals surface area contributed by atoms with Gasteiger partial charge in [-0.2, -0.15) is 0 Å².